The highest BCUT2D eigenvalue weighted by Crippen LogP contribution is 2.33. The van der Waals surface area contributed by atoms with Gasteiger partial charge in [-0.15, -0.1) is 0 Å². The van der Waals surface area contributed by atoms with E-state index < -0.39 is 0 Å². The molecule has 1 atom stereocenters. The van der Waals surface area contributed by atoms with Crippen LogP contribution in [0.4, 0.5) is 11.4 Å². The summed E-state index contributed by atoms with van der Waals surface area (Å²) in [7, 11) is 0. The van der Waals surface area contributed by atoms with E-state index in [4.69, 9.17) is 4.98 Å². The second-order valence-corrected chi connectivity index (χ2v) is 8.96. The van der Waals surface area contributed by atoms with E-state index in [-0.39, 0.29) is 0 Å². The van der Waals surface area contributed by atoms with E-state index in [9.17, 15) is 0 Å². The number of likely N-dealkylation sites (tertiary alicyclic amines) is 1. The number of para-hydroxylation sites is 1. The number of benzene rings is 3. The number of piperidine rings is 1. The summed E-state index contributed by atoms with van der Waals surface area (Å²) in [5.74, 6) is 0. The third-order valence-electron chi connectivity index (χ3n) is 6.86. The molecule has 0 bridgehead atoms. The number of hydrogen-bond acceptors (Lipinski definition) is 3. The SMILES string of the molecule is Cc1c(Nc2cccc3c(CN4CCCCC4C)ccnc23)cccc1-c1ccccc1. The first-order valence-electron chi connectivity index (χ1n) is 11.7. The number of aromatic nitrogens is 1. The van der Waals surface area contributed by atoms with Crippen LogP contribution in [0.1, 0.15) is 37.3 Å². The third-order valence-corrected chi connectivity index (χ3v) is 6.86. The summed E-state index contributed by atoms with van der Waals surface area (Å²) in [5.41, 5.74) is 8.32. The molecule has 0 saturated carbocycles. The Bertz CT molecular complexity index is 1220. The minimum Gasteiger partial charge on any atom is -0.354 e. The van der Waals surface area contributed by atoms with E-state index in [0.717, 1.165) is 23.4 Å². The zero-order chi connectivity index (χ0) is 21.9. The normalized spacial score (nSPS) is 16.9. The van der Waals surface area contributed by atoms with Crippen molar-refractivity contribution >= 4 is 22.3 Å². The molecular formula is C29H31N3. The quantitative estimate of drug-likeness (QED) is 0.366. The van der Waals surface area contributed by atoms with Gasteiger partial charge in [0.15, 0.2) is 0 Å². The van der Waals surface area contributed by atoms with Gasteiger partial charge in [0.25, 0.3) is 0 Å². The van der Waals surface area contributed by atoms with Crippen molar-refractivity contribution < 1.29 is 0 Å². The average Bonchev–Trinajstić information content (AvgIpc) is 2.83. The van der Waals surface area contributed by atoms with Crippen LogP contribution < -0.4 is 5.32 Å². The van der Waals surface area contributed by atoms with E-state index in [1.165, 1.54) is 53.4 Å². The zero-order valence-electron chi connectivity index (χ0n) is 19.0. The molecule has 1 fully saturated rings. The molecule has 1 aromatic heterocycles. The van der Waals surface area contributed by atoms with E-state index in [1.807, 2.05) is 6.20 Å². The highest BCUT2D eigenvalue weighted by Gasteiger charge is 2.19. The van der Waals surface area contributed by atoms with Crippen molar-refractivity contribution in [3.05, 3.63) is 90.1 Å². The van der Waals surface area contributed by atoms with Crippen LogP contribution in [0.25, 0.3) is 22.0 Å². The monoisotopic (exact) mass is 421 g/mol. The van der Waals surface area contributed by atoms with Crippen molar-refractivity contribution in [1.29, 1.82) is 0 Å². The van der Waals surface area contributed by atoms with Crippen molar-refractivity contribution in [3.63, 3.8) is 0 Å². The largest absolute Gasteiger partial charge is 0.354 e. The maximum atomic E-state index is 4.78. The van der Waals surface area contributed by atoms with Crippen molar-refractivity contribution in [2.24, 2.45) is 0 Å². The smallest absolute Gasteiger partial charge is 0.0939 e. The molecule has 0 radical (unpaired) electrons. The predicted octanol–water partition coefficient (Wildman–Crippen LogP) is 7.33. The van der Waals surface area contributed by atoms with Gasteiger partial charge in [0.2, 0.25) is 0 Å². The van der Waals surface area contributed by atoms with Crippen LogP contribution in [0.5, 0.6) is 0 Å². The topological polar surface area (TPSA) is 28.2 Å². The van der Waals surface area contributed by atoms with Crippen molar-refractivity contribution in [2.45, 2.75) is 45.7 Å². The Morgan fingerprint density at radius 2 is 1.72 bits per heavy atom. The molecule has 3 nitrogen and oxygen atoms in total. The molecule has 2 heterocycles. The van der Waals surface area contributed by atoms with Crippen LogP contribution in [-0.4, -0.2) is 22.5 Å². The van der Waals surface area contributed by atoms with Gasteiger partial charge in [0, 0.05) is 29.9 Å². The van der Waals surface area contributed by atoms with E-state index >= 15 is 0 Å². The first-order chi connectivity index (χ1) is 15.7. The summed E-state index contributed by atoms with van der Waals surface area (Å²) < 4.78 is 0. The van der Waals surface area contributed by atoms with Gasteiger partial charge in [0.1, 0.15) is 0 Å². The number of hydrogen-bond donors (Lipinski definition) is 1. The fourth-order valence-electron chi connectivity index (χ4n) is 4.93. The molecule has 162 valence electrons. The van der Waals surface area contributed by atoms with Crippen LogP contribution in [0, 0.1) is 6.92 Å². The molecule has 1 aliphatic rings. The first kappa shape index (κ1) is 20.7. The minimum absolute atomic E-state index is 0.650. The summed E-state index contributed by atoms with van der Waals surface area (Å²) in [6, 6.07) is 26.4. The average molecular weight is 422 g/mol. The number of fused-ring (bicyclic) bond motifs is 1. The van der Waals surface area contributed by atoms with Gasteiger partial charge in [0.05, 0.1) is 11.2 Å². The Morgan fingerprint density at radius 3 is 2.56 bits per heavy atom. The lowest BCUT2D eigenvalue weighted by Gasteiger charge is -2.33. The number of pyridine rings is 1. The summed E-state index contributed by atoms with van der Waals surface area (Å²) in [6.07, 6.45) is 5.92. The Balaban J connectivity index is 1.48. The Kier molecular flexibility index (Phi) is 5.91. The van der Waals surface area contributed by atoms with Crippen molar-refractivity contribution in [1.82, 2.24) is 9.88 Å². The van der Waals surface area contributed by atoms with Gasteiger partial charge in [-0.2, -0.15) is 0 Å². The Labute approximate surface area is 191 Å². The molecule has 0 amide bonds. The lowest BCUT2D eigenvalue weighted by Crippen LogP contribution is -2.36. The van der Waals surface area contributed by atoms with Crippen LogP contribution in [-0.2, 0) is 6.54 Å². The minimum atomic E-state index is 0.650. The fraction of sp³-hybridized carbons (Fsp3) is 0.276. The Hall–Kier alpha value is -3.17. The van der Waals surface area contributed by atoms with Gasteiger partial charge in [-0.3, -0.25) is 9.88 Å². The summed E-state index contributed by atoms with van der Waals surface area (Å²) in [4.78, 5) is 7.40. The molecule has 0 spiro atoms. The highest BCUT2D eigenvalue weighted by molar-refractivity contribution is 5.94. The van der Waals surface area contributed by atoms with E-state index in [2.05, 4.69) is 96.9 Å². The van der Waals surface area contributed by atoms with Gasteiger partial charge in [-0.25, -0.2) is 0 Å². The molecule has 3 heteroatoms. The van der Waals surface area contributed by atoms with Crippen LogP contribution in [0.3, 0.4) is 0 Å². The van der Waals surface area contributed by atoms with Crippen LogP contribution in [0.2, 0.25) is 0 Å². The number of nitrogens with zero attached hydrogens (tertiary/aromatic N) is 2. The second-order valence-electron chi connectivity index (χ2n) is 8.96. The number of anilines is 2. The molecule has 1 aliphatic heterocycles. The van der Waals surface area contributed by atoms with Gasteiger partial charge < -0.3 is 5.32 Å². The van der Waals surface area contributed by atoms with Crippen molar-refractivity contribution in [2.75, 3.05) is 11.9 Å². The lowest BCUT2D eigenvalue weighted by atomic mass is 9.99. The number of nitrogens with one attached hydrogen (secondary N) is 1. The Morgan fingerprint density at radius 1 is 0.906 bits per heavy atom. The van der Waals surface area contributed by atoms with Crippen molar-refractivity contribution in [3.8, 4) is 11.1 Å². The summed E-state index contributed by atoms with van der Waals surface area (Å²) >= 11 is 0. The summed E-state index contributed by atoms with van der Waals surface area (Å²) in [6.45, 7) is 6.73. The van der Waals surface area contributed by atoms with Gasteiger partial charge >= 0.3 is 0 Å². The van der Waals surface area contributed by atoms with Crippen LogP contribution in [0.15, 0.2) is 79.0 Å². The van der Waals surface area contributed by atoms with E-state index in [0.29, 0.717) is 6.04 Å². The fourth-order valence-corrected chi connectivity index (χ4v) is 4.93. The lowest BCUT2D eigenvalue weighted by molar-refractivity contribution is 0.153. The first-order valence-corrected chi connectivity index (χ1v) is 11.7. The maximum Gasteiger partial charge on any atom is 0.0939 e. The molecule has 5 rings (SSSR count). The van der Waals surface area contributed by atoms with Crippen LogP contribution >= 0.6 is 0 Å². The highest BCUT2D eigenvalue weighted by atomic mass is 15.2. The molecule has 4 aromatic rings. The molecule has 1 unspecified atom stereocenters. The zero-order valence-corrected chi connectivity index (χ0v) is 19.0. The number of rotatable bonds is 5. The van der Waals surface area contributed by atoms with Gasteiger partial charge in [-0.1, -0.05) is 61.0 Å². The third kappa shape index (κ3) is 4.13. The molecule has 32 heavy (non-hydrogen) atoms. The predicted molar refractivity (Wildman–Crippen MR) is 135 cm³/mol. The molecule has 1 N–H and O–H groups in total. The molecular weight excluding hydrogens is 390 g/mol. The van der Waals surface area contributed by atoms with E-state index in [1.54, 1.807) is 0 Å². The van der Waals surface area contributed by atoms with Gasteiger partial charge in [-0.05, 0) is 73.7 Å². The molecule has 1 saturated heterocycles. The second kappa shape index (κ2) is 9.13. The maximum absolute atomic E-state index is 4.78. The summed E-state index contributed by atoms with van der Waals surface area (Å²) in [5, 5.41) is 4.93. The molecule has 0 aliphatic carbocycles. The molecule has 3 aromatic carbocycles. The standard InChI is InChI=1S/C29H31N3/c1-21-10-6-7-19-32(21)20-24-17-18-30-29-26(24)14-9-16-28(29)31-27-15-8-13-25(22(27)2)23-11-4-3-5-12-23/h3-5,8-9,11-18,21,31H,6-7,10,19-20H2,1-2H3.